The zero-order chi connectivity index (χ0) is 35.0. The largest absolute Gasteiger partial charge is 0.359 e. The number of rotatable bonds is 6. The van der Waals surface area contributed by atoms with Crippen LogP contribution in [0.25, 0.3) is 27.5 Å². The molecule has 0 radical (unpaired) electrons. The minimum atomic E-state index is -0.377. The molecule has 244 valence electrons. The third-order valence-electron chi connectivity index (χ3n) is 9.68. The van der Waals surface area contributed by atoms with Crippen molar-refractivity contribution in [3.8, 4) is 17.8 Å². The Morgan fingerprint density at radius 1 is 0.558 bits per heavy atom. The van der Waals surface area contributed by atoms with E-state index in [-0.39, 0.29) is 6.17 Å². The monoisotopic (exact) mass is 666 g/mol. The van der Waals surface area contributed by atoms with E-state index in [1.807, 2.05) is 78.9 Å². The van der Waals surface area contributed by atoms with E-state index in [0.717, 1.165) is 45.0 Å². The Balaban J connectivity index is 1.16. The zero-order valence-corrected chi connectivity index (χ0v) is 28.0. The molecular weight excluding hydrogens is 637 g/mol. The predicted molar refractivity (Wildman–Crippen MR) is 210 cm³/mol. The van der Waals surface area contributed by atoms with Crippen molar-refractivity contribution < 1.29 is 0 Å². The van der Waals surface area contributed by atoms with Crippen LogP contribution in [0.1, 0.15) is 34.0 Å². The topological polar surface area (TPSA) is 80.1 Å². The molecule has 1 aliphatic rings. The number of hydrogen-bond acceptors (Lipinski definition) is 5. The highest BCUT2D eigenvalue weighted by molar-refractivity contribution is 6.19. The van der Waals surface area contributed by atoms with Gasteiger partial charge in [0.05, 0.1) is 40.0 Å². The number of nitriles is 2. The van der Waals surface area contributed by atoms with Crippen LogP contribution in [-0.4, -0.2) is 10.3 Å². The van der Waals surface area contributed by atoms with Gasteiger partial charge in [-0.3, -0.25) is 4.99 Å². The number of fused-ring (bicyclic) bond motifs is 4. The van der Waals surface area contributed by atoms with Crippen LogP contribution in [0.2, 0.25) is 0 Å². The van der Waals surface area contributed by atoms with E-state index in [1.165, 1.54) is 10.8 Å². The molecule has 0 bridgehead atoms. The zero-order valence-electron chi connectivity index (χ0n) is 28.0. The molecule has 2 heterocycles. The molecule has 1 N–H and O–H groups in total. The number of nitrogens with one attached hydrogen (secondary N) is 1. The molecule has 1 aromatic heterocycles. The average Bonchev–Trinajstić information content (AvgIpc) is 3.55. The smallest absolute Gasteiger partial charge is 0.145 e. The Kier molecular flexibility index (Phi) is 7.54. The lowest BCUT2D eigenvalue weighted by molar-refractivity contribution is 0.828. The van der Waals surface area contributed by atoms with Gasteiger partial charge >= 0.3 is 0 Å². The second-order valence-electron chi connectivity index (χ2n) is 12.7. The normalized spacial score (nSPS) is 13.4. The quantitative estimate of drug-likeness (QED) is 0.191. The molecule has 0 saturated carbocycles. The second-order valence-corrected chi connectivity index (χ2v) is 12.7. The van der Waals surface area contributed by atoms with E-state index >= 15 is 0 Å². The number of para-hydroxylation sites is 3. The van der Waals surface area contributed by atoms with E-state index in [1.54, 1.807) is 6.07 Å². The molecule has 52 heavy (non-hydrogen) atoms. The summed E-state index contributed by atoms with van der Waals surface area (Å²) in [5.74, 6) is 0. The first-order chi connectivity index (χ1) is 25.7. The van der Waals surface area contributed by atoms with Crippen LogP contribution < -0.4 is 10.2 Å². The number of aromatic nitrogens is 1. The minimum Gasteiger partial charge on any atom is -0.359 e. The fraction of sp³-hybridized carbons (Fsp3) is 0.0217. The van der Waals surface area contributed by atoms with Crippen molar-refractivity contribution in [3.05, 3.63) is 198 Å². The molecule has 0 spiro atoms. The van der Waals surface area contributed by atoms with Crippen molar-refractivity contribution in [1.29, 1.82) is 10.5 Å². The lowest BCUT2D eigenvalue weighted by atomic mass is 9.91. The van der Waals surface area contributed by atoms with Crippen molar-refractivity contribution in [2.75, 3.05) is 10.2 Å². The van der Waals surface area contributed by atoms with Crippen LogP contribution in [-0.2, 0) is 0 Å². The number of benzene rings is 7. The van der Waals surface area contributed by atoms with Gasteiger partial charge in [-0.1, -0.05) is 91.0 Å². The van der Waals surface area contributed by atoms with Crippen LogP contribution in [0.3, 0.4) is 0 Å². The van der Waals surface area contributed by atoms with Crippen LogP contribution in [0.4, 0.5) is 22.7 Å². The van der Waals surface area contributed by atoms with Gasteiger partial charge in [0.15, 0.2) is 0 Å². The maximum Gasteiger partial charge on any atom is 0.145 e. The van der Waals surface area contributed by atoms with E-state index in [4.69, 9.17) is 4.99 Å². The molecule has 6 heteroatoms. The molecular formula is C46H30N6. The van der Waals surface area contributed by atoms with Gasteiger partial charge in [-0.2, -0.15) is 10.5 Å². The highest BCUT2D eigenvalue weighted by Gasteiger charge is 2.27. The van der Waals surface area contributed by atoms with Crippen molar-refractivity contribution in [1.82, 2.24) is 4.57 Å². The maximum atomic E-state index is 10.7. The van der Waals surface area contributed by atoms with Crippen molar-refractivity contribution in [2.24, 2.45) is 4.99 Å². The number of nitrogens with zero attached hydrogens (tertiary/aromatic N) is 5. The fourth-order valence-electron chi connectivity index (χ4n) is 7.34. The van der Waals surface area contributed by atoms with Gasteiger partial charge < -0.3 is 14.8 Å². The van der Waals surface area contributed by atoms with E-state index in [9.17, 15) is 10.5 Å². The van der Waals surface area contributed by atoms with Gasteiger partial charge in [0.2, 0.25) is 0 Å². The Labute approximate surface area is 301 Å². The molecule has 0 amide bonds. The number of aliphatic imine (C=N–C) groups is 1. The molecule has 6 nitrogen and oxygen atoms in total. The Bertz CT molecular complexity index is 2680. The van der Waals surface area contributed by atoms with E-state index in [0.29, 0.717) is 28.0 Å². The number of anilines is 4. The molecule has 1 unspecified atom stereocenters. The van der Waals surface area contributed by atoms with Gasteiger partial charge in [0.1, 0.15) is 6.17 Å². The van der Waals surface area contributed by atoms with Crippen molar-refractivity contribution in [3.63, 3.8) is 0 Å². The summed E-state index contributed by atoms with van der Waals surface area (Å²) in [7, 11) is 0. The SMILES string of the molecule is N#Cc1cc(N(c2ccccc2)c2ccc(-n3c4ccccc4c4ccccc43)cc2)ccc1C1=NC(c2ccccc2)Nc2cccc(C#N)c21. The van der Waals surface area contributed by atoms with Gasteiger partial charge in [-0.25, -0.2) is 0 Å². The van der Waals surface area contributed by atoms with Gasteiger partial charge in [0.25, 0.3) is 0 Å². The summed E-state index contributed by atoms with van der Waals surface area (Å²) in [5, 5.41) is 26.7. The molecule has 9 rings (SSSR count). The highest BCUT2D eigenvalue weighted by atomic mass is 15.1. The summed E-state index contributed by atoms with van der Waals surface area (Å²) in [5.41, 5.74) is 10.9. The standard InChI is InChI=1S/C46H30N6/c47-29-32-14-11-19-41-44(32)45(50-46(49-41)31-12-3-1-4-13-31)38-27-26-37(28-33(38)30-48)51(34-15-5-2-6-16-34)35-22-24-36(25-23-35)52-42-20-9-7-17-39(42)40-18-8-10-21-43(40)52/h1-28,46,49H. The summed E-state index contributed by atoms with van der Waals surface area (Å²) in [6.45, 7) is 0. The summed E-state index contributed by atoms with van der Waals surface area (Å²) < 4.78 is 2.31. The van der Waals surface area contributed by atoms with Crippen LogP contribution >= 0.6 is 0 Å². The predicted octanol–water partition coefficient (Wildman–Crippen LogP) is 11.0. The van der Waals surface area contributed by atoms with E-state index in [2.05, 4.69) is 112 Å². The third-order valence-corrected chi connectivity index (χ3v) is 9.68. The first kappa shape index (κ1) is 30.6. The molecule has 1 atom stereocenters. The molecule has 8 aromatic rings. The van der Waals surface area contributed by atoms with Crippen LogP contribution in [0.15, 0.2) is 175 Å². The Morgan fingerprint density at radius 3 is 1.83 bits per heavy atom. The maximum absolute atomic E-state index is 10.7. The van der Waals surface area contributed by atoms with Crippen molar-refractivity contribution in [2.45, 2.75) is 6.17 Å². The third kappa shape index (κ3) is 5.15. The first-order valence-electron chi connectivity index (χ1n) is 17.1. The summed E-state index contributed by atoms with van der Waals surface area (Å²) in [4.78, 5) is 7.29. The van der Waals surface area contributed by atoms with Gasteiger partial charge in [0, 0.05) is 50.3 Å². The molecule has 0 fully saturated rings. The molecule has 0 saturated heterocycles. The fourth-order valence-corrected chi connectivity index (χ4v) is 7.34. The first-order valence-corrected chi connectivity index (χ1v) is 17.1. The van der Waals surface area contributed by atoms with E-state index < -0.39 is 0 Å². The lowest BCUT2D eigenvalue weighted by Crippen LogP contribution is -2.22. The molecule has 0 aliphatic carbocycles. The van der Waals surface area contributed by atoms with Gasteiger partial charge in [-0.05, 0) is 84.4 Å². The lowest BCUT2D eigenvalue weighted by Gasteiger charge is -2.28. The average molecular weight is 667 g/mol. The Morgan fingerprint density at radius 2 is 1.15 bits per heavy atom. The Hall–Kier alpha value is -7.41. The summed E-state index contributed by atoms with van der Waals surface area (Å²) in [6, 6.07) is 62.0. The highest BCUT2D eigenvalue weighted by Crippen LogP contribution is 2.39. The summed E-state index contributed by atoms with van der Waals surface area (Å²) in [6.07, 6.45) is -0.377. The van der Waals surface area contributed by atoms with Crippen molar-refractivity contribution >= 4 is 50.3 Å². The van der Waals surface area contributed by atoms with Crippen LogP contribution in [0, 0.1) is 22.7 Å². The molecule has 1 aliphatic heterocycles. The minimum absolute atomic E-state index is 0.377. The second kappa shape index (κ2) is 12.8. The van der Waals surface area contributed by atoms with Crippen LogP contribution in [0.5, 0.6) is 0 Å². The number of hydrogen-bond donors (Lipinski definition) is 1. The van der Waals surface area contributed by atoms with Gasteiger partial charge in [-0.15, -0.1) is 0 Å². The molecule has 7 aromatic carbocycles. The summed E-state index contributed by atoms with van der Waals surface area (Å²) >= 11 is 0.